The number of benzene rings is 3. The second kappa shape index (κ2) is 27.3. The summed E-state index contributed by atoms with van der Waals surface area (Å²) in [5, 5.41) is 74.2. The molecule has 3 aromatic carbocycles. The van der Waals surface area contributed by atoms with Crippen molar-refractivity contribution in [3.8, 4) is 28.6 Å². The summed E-state index contributed by atoms with van der Waals surface area (Å²) in [4.78, 5) is 122. The van der Waals surface area contributed by atoms with E-state index in [2.05, 4.69) is 20.8 Å². The van der Waals surface area contributed by atoms with Gasteiger partial charge in [-0.1, -0.05) is 76.2 Å². The largest absolute Gasteiger partial charge is 0.508 e. The Morgan fingerprint density at radius 1 is 0.856 bits per heavy atom. The van der Waals surface area contributed by atoms with Gasteiger partial charge in [0.15, 0.2) is 17.2 Å². The van der Waals surface area contributed by atoms with Gasteiger partial charge in [0.2, 0.25) is 17.8 Å². The van der Waals surface area contributed by atoms with Crippen molar-refractivity contribution >= 4 is 53.4 Å². The molecule has 0 spiro atoms. The third-order valence-corrected chi connectivity index (χ3v) is 19.5. The Kier molecular flexibility index (Phi) is 19.8. The fraction of sp³-hybridized carbons (Fsp3) is 0.500. The highest BCUT2D eigenvalue weighted by Crippen LogP contribution is 2.64. The van der Waals surface area contributed by atoms with E-state index in [-0.39, 0.29) is 83.0 Å². The lowest BCUT2D eigenvalue weighted by atomic mass is 9.44. The van der Waals surface area contributed by atoms with Gasteiger partial charge in [-0.2, -0.15) is 0 Å². The molecule has 2 aromatic heterocycles. The summed E-state index contributed by atoms with van der Waals surface area (Å²) in [6.07, 6.45) is -11.9. The van der Waals surface area contributed by atoms with Crippen molar-refractivity contribution in [2.75, 3.05) is 44.2 Å². The van der Waals surface area contributed by atoms with Crippen LogP contribution in [0.25, 0.3) is 17.1 Å². The van der Waals surface area contributed by atoms with E-state index < -0.39 is 143 Å². The van der Waals surface area contributed by atoms with Crippen LogP contribution in [0.5, 0.6) is 11.5 Å². The van der Waals surface area contributed by atoms with Gasteiger partial charge in [-0.25, -0.2) is 19.4 Å². The highest BCUT2D eigenvalue weighted by atomic mass is 16.6. The molecule has 2 saturated heterocycles. The second-order valence-electron chi connectivity index (χ2n) is 27.4. The smallest absolute Gasteiger partial charge is 0.408 e. The number of aliphatic hydroxyl groups is 3. The first-order chi connectivity index (χ1) is 45.8. The Labute approximate surface area is 560 Å². The molecule has 4 heterocycles. The minimum atomic E-state index is -2.51. The van der Waals surface area contributed by atoms with Gasteiger partial charge in [0.25, 0.3) is 5.91 Å². The Hall–Kier alpha value is -9.31. The molecule has 518 valence electrons. The molecule has 2 bridgehead atoms. The normalized spacial score (nSPS) is 25.7. The van der Waals surface area contributed by atoms with Crippen molar-refractivity contribution in [2.24, 2.45) is 16.7 Å². The molecule has 11 atom stereocenters. The first-order valence-corrected chi connectivity index (χ1v) is 32.4. The Morgan fingerprint density at radius 3 is 2.12 bits per heavy atom. The molecule has 97 heavy (non-hydrogen) atoms. The van der Waals surface area contributed by atoms with Crippen LogP contribution in [0.4, 0.5) is 10.6 Å². The number of Topliss-reactive ketones (excluding diaryl/α,β-unsaturated/α-hetero) is 1. The van der Waals surface area contributed by atoms with Gasteiger partial charge in [0, 0.05) is 70.4 Å². The fourth-order valence-corrected chi connectivity index (χ4v) is 14.4. The first-order valence-electron chi connectivity index (χ1n) is 32.4. The number of nitrogens with one attached hydrogen (secondary N) is 2. The van der Waals surface area contributed by atoms with Crippen LogP contribution < -0.4 is 15.5 Å². The van der Waals surface area contributed by atoms with Crippen LogP contribution in [-0.2, 0) is 52.4 Å². The Balaban J connectivity index is 0.913. The second-order valence-corrected chi connectivity index (χ2v) is 27.4. The van der Waals surface area contributed by atoms with Crippen LogP contribution in [0, 0.1) is 16.7 Å². The first kappa shape index (κ1) is 70.5. The zero-order valence-corrected chi connectivity index (χ0v) is 56.1. The molecule has 2 saturated carbocycles. The minimum Gasteiger partial charge on any atom is -0.508 e. The number of piperazine rings is 1. The van der Waals surface area contributed by atoms with E-state index in [9.17, 15) is 54.3 Å². The molecule has 4 unspecified atom stereocenters. The Morgan fingerprint density at radius 2 is 1.53 bits per heavy atom. The van der Waals surface area contributed by atoms with E-state index in [0.29, 0.717) is 36.7 Å². The Bertz CT molecular complexity index is 3880. The number of carbonyl (C=O) groups excluding carboxylic acids is 8. The summed E-state index contributed by atoms with van der Waals surface area (Å²) in [6.45, 7) is 18.3. The third kappa shape index (κ3) is 13.4. The van der Waals surface area contributed by atoms with Gasteiger partial charge in [0.05, 0.1) is 53.5 Å². The zero-order valence-electron chi connectivity index (χ0n) is 56.1. The van der Waals surface area contributed by atoms with Gasteiger partial charge in [-0.3, -0.25) is 28.5 Å². The van der Waals surface area contributed by atoms with Crippen LogP contribution in [0.2, 0.25) is 0 Å². The summed E-state index contributed by atoms with van der Waals surface area (Å²) < 4.78 is 38.0. The SMILES string of the molecule is CCNC(=O)c1nnc(-c2cc(C(C)C)c(O)cc2O)n1-c1ccc(N2CCN(C(=O)CCC(=O)O[C@@H](C(=O)O[C@H]3CC4(O)[C@@H](OC(=O)c5ccccc5)C5C(C)(C(=O)[C@H](O)C(=C3C)C4(C)C)[C@@H](O)C[C@H]3OC[C@@]53OC(C)=O)C(NC(=O)OC(C)(C)C)c3ccccc3)CC2)nc1. The van der Waals surface area contributed by atoms with E-state index in [1.54, 1.807) is 99.3 Å². The van der Waals surface area contributed by atoms with Crippen molar-refractivity contribution in [3.63, 3.8) is 0 Å². The number of nitrogens with zero attached hydrogens (tertiary/aromatic N) is 6. The number of aromatic nitrogens is 4. The summed E-state index contributed by atoms with van der Waals surface area (Å²) in [5.41, 5.74) is -8.02. The average Bonchev–Trinajstić information content (AvgIpc) is 1.63. The average molecular weight is 1340 g/mol. The number of alkyl carbamates (subject to hydrolysis) is 1. The zero-order chi connectivity index (χ0) is 70.4. The lowest BCUT2D eigenvalue weighted by molar-refractivity contribution is -0.346. The van der Waals surface area contributed by atoms with Crippen molar-refractivity contribution in [3.05, 3.63) is 125 Å². The third-order valence-electron chi connectivity index (χ3n) is 19.5. The molecule has 0 radical (unpaired) electrons. The molecule has 7 N–H and O–H groups in total. The number of amides is 3. The van der Waals surface area contributed by atoms with Crippen molar-refractivity contribution in [1.29, 1.82) is 0 Å². The van der Waals surface area contributed by atoms with Crippen LogP contribution in [-0.4, -0.2) is 191 Å². The van der Waals surface area contributed by atoms with Gasteiger partial charge in [-0.05, 0) is 100 Å². The maximum atomic E-state index is 15.5. The monoisotopic (exact) mass is 1340 g/mol. The summed E-state index contributed by atoms with van der Waals surface area (Å²) in [6, 6.07) is 20.4. The molecule has 27 heteroatoms. The molecule has 2 aliphatic heterocycles. The van der Waals surface area contributed by atoms with Crippen LogP contribution in [0.15, 0.2) is 102 Å². The van der Waals surface area contributed by atoms with Crippen molar-refractivity contribution in [1.82, 2.24) is 35.3 Å². The predicted molar refractivity (Wildman–Crippen MR) is 346 cm³/mol. The van der Waals surface area contributed by atoms with Crippen LogP contribution in [0.1, 0.15) is 146 Å². The van der Waals surface area contributed by atoms with E-state index in [4.69, 9.17) is 33.4 Å². The quantitative estimate of drug-likeness (QED) is 0.0306. The predicted octanol–water partition coefficient (Wildman–Crippen LogP) is 5.87. The molecule has 5 aliphatic rings. The maximum absolute atomic E-state index is 15.5. The van der Waals surface area contributed by atoms with Crippen molar-refractivity contribution < 1.29 is 92.3 Å². The number of phenolic OH excluding ortho intramolecular Hbond substituents is 2. The van der Waals surface area contributed by atoms with Crippen LogP contribution >= 0.6 is 0 Å². The molecular formula is C70H84N8O19. The number of aromatic hydroxyl groups is 2. The summed E-state index contributed by atoms with van der Waals surface area (Å²) >= 11 is 0. The molecule has 3 amide bonds. The van der Waals surface area contributed by atoms with E-state index in [1.165, 1.54) is 56.7 Å². The molecule has 5 aromatic rings. The van der Waals surface area contributed by atoms with Gasteiger partial charge >= 0.3 is 30.0 Å². The number of hydrogen-bond acceptors (Lipinski definition) is 23. The number of aliphatic hydroxyl groups excluding tert-OH is 2. The number of fused-ring (bicyclic) bond motifs is 5. The molecule has 10 rings (SSSR count). The van der Waals surface area contributed by atoms with Gasteiger partial charge in [-0.15, -0.1) is 10.2 Å². The van der Waals surface area contributed by atoms with Gasteiger partial charge in [0.1, 0.15) is 59.0 Å². The number of esters is 4. The fourth-order valence-electron chi connectivity index (χ4n) is 14.4. The molecule has 3 aliphatic carbocycles. The van der Waals surface area contributed by atoms with E-state index in [1.807, 2.05) is 18.7 Å². The van der Waals surface area contributed by atoms with Gasteiger partial charge < -0.3 is 74.4 Å². The number of anilines is 1. The van der Waals surface area contributed by atoms with E-state index in [0.717, 1.165) is 6.92 Å². The number of phenols is 2. The minimum absolute atomic E-state index is 0.0204. The maximum Gasteiger partial charge on any atom is 0.408 e. The standard InChI is InChI=1S/C70H84N8O19/c1-12-71-62(87)61-75-74-60(44-31-43(37(2)3)45(80)32-46(44)81)78(61)42-23-24-50(72-35-42)76-27-29-77(30-28-76)51(83)25-26-52(84)94-56(54(40-19-15-13-16-20-40)73-65(90)97-66(6,7)8)64(89)93-47-34-70(91)59(95-63(88)41-21-17-14-18-22-41)57-68(11,58(86)55(85)53(38(47)4)67(70,9)10)48(82)33-49-69(57,36-92-49)96-39(5)79/h13-24,31-32,35,37,47-49,54-57,59,80-82,85,91H,12,25-30,33-34,36H2,1-11H3,(H,71,87)(H,73,90)/t47-,48-,49+,54?,55+,56+,57?,59-,68?,69-,70?/m0/s1. The number of hydrogen-bond donors (Lipinski definition) is 7. The lowest BCUT2D eigenvalue weighted by Crippen LogP contribution is -2.81. The highest BCUT2D eigenvalue weighted by Gasteiger charge is 2.78. The summed E-state index contributed by atoms with van der Waals surface area (Å²) in [5.74, 6) is -7.73. The number of ether oxygens (including phenoxy) is 6. The lowest BCUT2D eigenvalue weighted by Gasteiger charge is -2.67. The van der Waals surface area contributed by atoms with Crippen LogP contribution in [0.3, 0.4) is 0 Å². The van der Waals surface area contributed by atoms with E-state index >= 15 is 9.59 Å². The summed E-state index contributed by atoms with van der Waals surface area (Å²) in [7, 11) is 0. The molecule has 4 fully saturated rings. The number of ketones is 1. The highest BCUT2D eigenvalue weighted by molar-refractivity contribution is 5.95. The topological polar surface area (TPSA) is 367 Å². The molecule has 27 nitrogen and oxygen atoms in total. The number of rotatable bonds is 18. The van der Waals surface area contributed by atoms with Crippen molar-refractivity contribution in [2.45, 2.75) is 167 Å². The number of carbonyl (C=O) groups is 8. The molecular weight excluding hydrogens is 1260 g/mol. The number of pyridine rings is 1.